The van der Waals surface area contributed by atoms with Crippen molar-refractivity contribution in [1.29, 1.82) is 0 Å². The van der Waals surface area contributed by atoms with Crippen LogP contribution in [0, 0.1) is 10.1 Å². The molecule has 0 unspecified atom stereocenters. The quantitative estimate of drug-likeness (QED) is 0.403. The lowest BCUT2D eigenvalue weighted by Gasteiger charge is -2.05. The molecule has 0 aliphatic rings. The molecular weight excluding hydrogens is 330 g/mol. The maximum absolute atomic E-state index is 12.5. The lowest BCUT2D eigenvalue weighted by molar-refractivity contribution is -0.384. The Hall–Kier alpha value is -2.87. The number of Topliss-reactive ketones (excluding diaryl/α,β-unsaturated/α-hetero) is 1. The number of hydrogen-bond acceptors (Lipinski definition) is 6. The van der Waals surface area contributed by atoms with E-state index in [1.165, 1.54) is 40.4 Å². The smallest absolute Gasteiger partial charge is 0.270 e. The first-order chi connectivity index (χ1) is 11.5. The number of hydrogen-bond donors (Lipinski definition) is 0. The van der Waals surface area contributed by atoms with Crippen LogP contribution < -0.4 is 5.56 Å². The number of fused-ring (bicyclic) bond motifs is 1. The van der Waals surface area contributed by atoms with E-state index in [9.17, 15) is 19.7 Å². The highest BCUT2D eigenvalue weighted by atomic mass is 32.1. The van der Waals surface area contributed by atoms with Crippen molar-refractivity contribution in [2.75, 3.05) is 0 Å². The van der Waals surface area contributed by atoms with Gasteiger partial charge in [-0.25, -0.2) is 4.98 Å². The second-order valence-corrected chi connectivity index (χ2v) is 6.35. The topological polar surface area (TPSA) is 95.1 Å². The average Bonchev–Trinajstić information content (AvgIpc) is 3.06. The van der Waals surface area contributed by atoms with Gasteiger partial charge in [0.05, 0.1) is 33.6 Å². The first-order valence-electron chi connectivity index (χ1n) is 7.25. The summed E-state index contributed by atoms with van der Waals surface area (Å²) in [5, 5.41) is 11.0. The van der Waals surface area contributed by atoms with Crippen LogP contribution in [0.2, 0.25) is 0 Å². The van der Waals surface area contributed by atoms with E-state index in [1.807, 2.05) is 13.0 Å². The van der Waals surface area contributed by atoms with Crippen molar-refractivity contribution in [3.8, 4) is 0 Å². The van der Waals surface area contributed by atoms with E-state index < -0.39 is 10.5 Å². The highest BCUT2D eigenvalue weighted by Gasteiger charge is 2.14. The van der Waals surface area contributed by atoms with Crippen molar-refractivity contribution >= 4 is 33.7 Å². The van der Waals surface area contributed by atoms with Crippen LogP contribution in [0.1, 0.15) is 21.5 Å². The molecule has 0 radical (unpaired) electrons. The van der Waals surface area contributed by atoms with E-state index in [-0.39, 0.29) is 23.4 Å². The van der Waals surface area contributed by atoms with Crippen LogP contribution in [0.4, 0.5) is 5.69 Å². The molecule has 0 fully saturated rings. The van der Waals surface area contributed by atoms with Crippen molar-refractivity contribution in [3.63, 3.8) is 0 Å². The Balaban J connectivity index is 1.97. The monoisotopic (exact) mass is 343 g/mol. The van der Waals surface area contributed by atoms with Gasteiger partial charge in [-0.05, 0) is 24.6 Å². The number of rotatable bonds is 5. The zero-order chi connectivity index (χ0) is 17.3. The van der Waals surface area contributed by atoms with Gasteiger partial charge in [0.15, 0.2) is 5.78 Å². The molecule has 1 aromatic carbocycles. The van der Waals surface area contributed by atoms with Gasteiger partial charge in [-0.2, -0.15) is 0 Å². The van der Waals surface area contributed by atoms with E-state index >= 15 is 0 Å². The minimum atomic E-state index is -0.570. The van der Waals surface area contributed by atoms with Crippen LogP contribution in [0.25, 0.3) is 10.9 Å². The molecule has 0 saturated heterocycles. The molecule has 0 aliphatic carbocycles. The molecular formula is C16H13N3O4S. The van der Waals surface area contributed by atoms with Gasteiger partial charge in [0.25, 0.3) is 11.2 Å². The number of aryl methyl sites for hydroxylation is 1. The Bertz CT molecular complexity index is 1010. The van der Waals surface area contributed by atoms with Gasteiger partial charge in [-0.3, -0.25) is 24.3 Å². The summed E-state index contributed by atoms with van der Waals surface area (Å²) < 4.78 is 1.18. The molecule has 24 heavy (non-hydrogen) atoms. The minimum Gasteiger partial charge on any atom is -0.291 e. The van der Waals surface area contributed by atoms with E-state index in [2.05, 4.69) is 4.98 Å². The zero-order valence-electron chi connectivity index (χ0n) is 12.8. The maximum atomic E-state index is 12.5. The number of benzene rings is 1. The van der Waals surface area contributed by atoms with E-state index in [0.29, 0.717) is 10.4 Å². The molecule has 2 heterocycles. The molecule has 0 aliphatic heterocycles. The average molecular weight is 343 g/mol. The molecule has 2 aromatic heterocycles. The summed E-state index contributed by atoms with van der Waals surface area (Å²) in [6.07, 6.45) is 2.14. The molecule has 122 valence electrons. The summed E-state index contributed by atoms with van der Waals surface area (Å²) in [6, 6.07) is 7.54. The summed E-state index contributed by atoms with van der Waals surface area (Å²) >= 11 is 1.40. The maximum Gasteiger partial charge on any atom is 0.270 e. The van der Waals surface area contributed by atoms with Crippen molar-refractivity contribution in [2.45, 2.75) is 19.9 Å². The number of thiophene rings is 1. The van der Waals surface area contributed by atoms with E-state index in [4.69, 9.17) is 0 Å². The van der Waals surface area contributed by atoms with Gasteiger partial charge >= 0.3 is 0 Å². The second kappa shape index (κ2) is 6.32. The van der Waals surface area contributed by atoms with Gasteiger partial charge in [0, 0.05) is 17.0 Å². The highest BCUT2D eigenvalue weighted by molar-refractivity contribution is 7.14. The van der Waals surface area contributed by atoms with Crippen LogP contribution >= 0.6 is 11.3 Å². The molecule has 0 spiro atoms. The number of carbonyl (C=O) groups excluding carboxylic acids is 1. The molecule has 8 heteroatoms. The third kappa shape index (κ3) is 2.95. The molecule has 7 nitrogen and oxygen atoms in total. The molecule has 0 saturated carbocycles. The van der Waals surface area contributed by atoms with Gasteiger partial charge in [0.2, 0.25) is 0 Å². The van der Waals surface area contributed by atoms with Gasteiger partial charge < -0.3 is 0 Å². The third-order valence-electron chi connectivity index (χ3n) is 3.62. The summed E-state index contributed by atoms with van der Waals surface area (Å²) in [5.41, 5.74) is -0.292. The van der Waals surface area contributed by atoms with Gasteiger partial charge in [-0.15, -0.1) is 11.3 Å². The van der Waals surface area contributed by atoms with Crippen molar-refractivity contribution < 1.29 is 9.72 Å². The van der Waals surface area contributed by atoms with E-state index in [1.54, 1.807) is 6.07 Å². The number of non-ortho nitro benzene ring substituents is 1. The first-order valence-corrected chi connectivity index (χ1v) is 8.06. The lowest BCUT2D eigenvalue weighted by atomic mass is 10.2. The number of aromatic nitrogens is 2. The number of carbonyl (C=O) groups is 1. The van der Waals surface area contributed by atoms with Crippen molar-refractivity contribution in [2.24, 2.45) is 0 Å². The molecule has 0 bridgehead atoms. The fourth-order valence-electron chi connectivity index (χ4n) is 2.32. The largest absolute Gasteiger partial charge is 0.291 e. The molecule has 0 atom stereocenters. The number of nitro groups is 1. The molecule has 0 amide bonds. The Morgan fingerprint density at radius 3 is 2.79 bits per heavy atom. The summed E-state index contributed by atoms with van der Waals surface area (Å²) in [5.74, 6) is -0.187. The van der Waals surface area contributed by atoms with Gasteiger partial charge in [-0.1, -0.05) is 6.92 Å². The predicted octanol–water partition coefficient (Wildman–Crippen LogP) is 2.81. The number of nitro benzene ring substituents is 1. The zero-order valence-corrected chi connectivity index (χ0v) is 13.6. The third-order valence-corrected chi connectivity index (χ3v) is 4.89. The van der Waals surface area contributed by atoms with Crippen LogP contribution in [-0.2, 0) is 13.0 Å². The number of ketones is 1. The van der Waals surface area contributed by atoms with Crippen LogP contribution in [-0.4, -0.2) is 20.3 Å². The fraction of sp³-hybridized carbons (Fsp3) is 0.188. The fourth-order valence-corrected chi connectivity index (χ4v) is 3.20. The second-order valence-electron chi connectivity index (χ2n) is 5.18. The predicted molar refractivity (Wildman–Crippen MR) is 90.7 cm³/mol. The number of nitrogens with zero attached hydrogens (tertiary/aromatic N) is 3. The lowest BCUT2D eigenvalue weighted by Crippen LogP contribution is -2.24. The first kappa shape index (κ1) is 16.0. The standard InChI is InChI=1S/C16H13N3O4S/c1-2-11-4-6-15(24-11)14(20)8-18-9-17-13-5-3-10(19(22)23)7-12(13)16(18)21/h3-7,9H,2,8H2,1H3. The Morgan fingerprint density at radius 1 is 1.33 bits per heavy atom. The molecule has 3 aromatic rings. The summed E-state index contributed by atoms with van der Waals surface area (Å²) in [7, 11) is 0. The van der Waals surface area contributed by atoms with Crippen LogP contribution in [0.15, 0.2) is 41.5 Å². The summed E-state index contributed by atoms with van der Waals surface area (Å²) in [4.78, 5) is 40.9. The Kier molecular flexibility index (Phi) is 4.22. The molecule has 0 N–H and O–H groups in total. The summed E-state index contributed by atoms with van der Waals surface area (Å²) in [6.45, 7) is 1.86. The SMILES string of the molecule is CCc1ccc(C(=O)Cn2cnc3ccc([N+](=O)[O-])cc3c2=O)s1. The minimum absolute atomic E-state index is 0.125. The van der Waals surface area contributed by atoms with Crippen molar-refractivity contribution in [1.82, 2.24) is 9.55 Å². The Labute approximate surface area is 140 Å². The highest BCUT2D eigenvalue weighted by Crippen LogP contribution is 2.19. The van der Waals surface area contributed by atoms with Gasteiger partial charge in [0.1, 0.15) is 0 Å². The normalized spacial score (nSPS) is 10.9. The Morgan fingerprint density at radius 2 is 2.12 bits per heavy atom. The van der Waals surface area contributed by atoms with E-state index in [0.717, 1.165) is 11.3 Å². The van der Waals surface area contributed by atoms with Crippen LogP contribution in [0.5, 0.6) is 0 Å². The van der Waals surface area contributed by atoms with Crippen LogP contribution in [0.3, 0.4) is 0 Å². The van der Waals surface area contributed by atoms with Crippen molar-refractivity contribution in [3.05, 3.63) is 66.9 Å². The molecule has 3 rings (SSSR count).